The van der Waals surface area contributed by atoms with E-state index in [1.165, 1.54) is 5.56 Å². The van der Waals surface area contributed by atoms with Crippen LogP contribution in [0.4, 0.5) is 0 Å². The molecule has 0 aliphatic carbocycles. The highest BCUT2D eigenvalue weighted by Crippen LogP contribution is 2.16. The minimum atomic E-state index is -0.189. The first-order valence-corrected chi connectivity index (χ1v) is 6.93. The van der Waals surface area contributed by atoms with Crippen molar-refractivity contribution in [2.45, 2.75) is 32.8 Å². The van der Waals surface area contributed by atoms with Crippen LogP contribution in [0.5, 0.6) is 0 Å². The Kier molecular flexibility index (Phi) is 4.94. The SMILES string of the molecule is CC(C)c1cccc(COC(=O)Cc2ccccc2)c1. The molecule has 0 fully saturated rings. The summed E-state index contributed by atoms with van der Waals surface area (Å²) in [4.78, 5) is 11.8. The summed E-state index contributed by atoms with van der Waals surface area (Å²) < 4.78 is 5.33. The van der Waals surface area contributed by atoms with Crippen LogP contribution in [-0.4, -0.2) is 5.97 Å². The van der Waals surface area contributed by atoms with Crippen molar-refractivity contribution in [2.24, 2.45) is 0 Å². The van der Waals surface area contributed by atoms with Crippen LogP contribution in [0.2, 0.25) is 0 Å². The maximum Gasteiger partial charge on any atom is 0.310 e. The van der Waals surface area contributed by atoms with Gasteiger partial charge in [0.05, 0.1) is 6.42 Å². The lowest BCUT2D eigenvalue weighted by molar-refractivity contribution is -0.144. The van der Waals surface area contributed by atoms with E-state index in [0.717, 1.165) is 11.1 Å². The predicted molar refractivity (Wildman–Crippen MR) is 80.5 cm³/mol. The molecule has 2 nitrogen and oxygen atoms in total. The summed E-state index contributed by atoms with van der Waals surface area (Å²) in [7, 11) is 0. The molecule has 0 atom stereocenters. The summed E-state index contributed by atoms with van der Waals surface area (Å²) in [5.41, 5.74) is 3.28. The summed E-state index contributed by atoms with van der Waals surface area (Å²) in [6.45, 7) is 4.65. The molecule has 2 aromatic rings. The Morgan fingerprint density at radius 2 is 1.70 bits per heavy atom. The van der Waals surface area contributed by atoms with E-state index in [1.807, 2.05) is 42.5 Å². The molecule has 104 valence electrons. The monoisotopic (exact) mass is 268 g/mol. The summed E-state index contributed by atoms with van der Waals surface area (Å²) in [6, 6.07) is 17.8. The van der Waals surface area contributed by atoms with Gasteiger partial charge in [-0.25, -0.2) is 0 Å². The Morgan fingerprint density at radius 1 is 1.00 bits per heavy atom. The van der Waals surface area contributed by atoms with Gasteiger partial charge in [0, 0.05) is 0 Å². The fourth-order valence-corrected chi connectivity index (χ4v) is 2.02. The van der Waals surface area contributed by atoms with E-state index in [4.69, 9.17) is 4.74 Å². The van der Waals surface area contributed by atoms with Crippen LogP contribution < -0.4 is 0 Å². The molecule has 0 aromatic heterocycles. The highest BCUT2D eigenvalue weighted by molar-refractivity contribution is 5.72. The van der Waals surface area contributed by atoms with Crippen LogP contribution in [0.3, 0.4) is 0 Å². The molecule has 0 amide bonds. The lowest BCUT2D eigenvalue weighted by atomic mass is 10.0. The van der Waals surface area contributed by atoms with Gasteiger partial charge in [0.1, 0.15) is 6.61 Å². The van der Waals surface area contributed by atoms with Crippen LogP contribution in [0, 0.1) is 0 Å². The van der Waals surface area contributed by atoms with E-state index >= 15 is 0 Å². The second-order valence-electron chi connectivity index (χ2n) is 5.22. The van der Waals surface area contributed by atoms with Gasteiger partial charge >= 0.3 is 5.97 Å². The Morgan fingerprint density at radius 3 is 2.40 bits per heavy atom. The number of hydrogen-bond donors (Lipinski definition) is 0. The first kappa shape index (κ1) is 14.3. The van der Waals surface area contributed by atoms with Gasteiger partial charge in [0.25, 0.3) is 0 Å². The highest BCUT2D eigenvalue weighted by atomic mass is 16.5. The molecule has 0 radical (unpaired) electrons. The number of esters is 1. The lowest BCUT2D eigenvalue weighted by Gasteiger charge is -2.09. The Balaban J connectivity index is 1.89. The maximum atomic E-state index is 11.8. The number of rotatable bonds is 5. The van der Waals surface area contributed by atoms with Crippen molar-refractivity contribution in [3.63, 3.8) is 0 Å². The second kappa shape index (κ2) is 6.90. The quantitative estimate of drug-likeness (QED) is 0.763. The molecule has 0 aliphatic heterocycles. The molecule has 0 heterocycles. The standard InChI is InChI=1S/C18H20O2/c1-14(2)17-10-6-9-16(11-17)13-20-18(19)12-15-7-4-3-5-8-15/h3-11,14H,12-13H2,1-2H3. The molecule has 0 saturated carbocycles. The average Bonchev–Trinajstić information content (AvgIpc) is 2.46. The van der Waals surface area contributed by atoms with Crippen LogP contribution in [0.1, 0.15) is 36.5 Å². The normalized spacial score (nSPS) is 10.6. The van der Waals surface area contributed by atoms with Crippen molar-refractivity contribution in [1.82, 2.24) is 0 Å². The van der Waals surface area contributed by atoms with Crippen LogP contribution in [0.25, 0.3) is 0 Å². The van der Waals surface area contributed by atoms with Gasteiger partial charge in [-0.15, -0.1) is 0 Å². The molecule has 0 saturated heterocycles. The molecule has 0 N–H and O–H groups in total. The van der Waals surface area contributed by atoms with Crippen molar-refractivity contribution in [1.29, 1.82) is 0 Å². The summed E-state index contributed by atoms with van der Waals surface area (Å²) in [5, 5.41) is 0. The van der Waals surface area contributed by atoms with Gasteiger partial charge in [0.2, 0.25) is 0 Å². The number of hydrogen-bond acceptors (Lipinski definition) is 2. The highest BCUT2D eigenvalue weighted by Gasteiger charge is 2.06. The smallest absolute Gasteiger partial charge is 0.310 e. The van der Waals surface area contributed by atoms with Crippen molar-refractivity contribution in [2.75, 3.05) is 0 Å². The van der Waals surface area contributed by atoms with Gasteiger partial charge in [-0.05, 0) is 22.6 Å². The van der Waals surface area contributed by atoms with E-state index in [0.29, 0.717) is 18.9 Å². The van der Waals surface area contributed by atoms with Gasteiger partial charge in [-0.2, -0.15) is 0 Å². The van der Waals surface area contributed by atoms with E-state index in [2.05, 4.69) is 26.0 Å². The van der Waals surface area contributed by atoms with E-state index < -0.39 is 0 Å². The van der Waals surface area contributed by atoms with E-state index in [-0.39, 0.29) is 5.97 Å². The molecule has 2 aromatic carbocycles. The maximum absolute atomic E-state index is 11.8. The Bertz CT molecular complexity index is 559. The molecular weight excluding hydrogens is 248 g/mol. The third kappa shape index (κ3) is 4.23. The molecule has 0 unspecified atom stereocenters. The molecular formula is C18H20O2. The topological polar surface area (TPSA) is 26.3 Å². The molecule has 2 heteroatoms. The van der Waals surface area contributed by atoms with Gasteiger partial charge in [0.15, 0.2) is 0 Å². The predicted octanol–water partition coefficient (Wildman–Crippen LogP) is 4.10. The largest absolute Gasteiger partial charge is 0.461 e. The van der Waals surface area contributed by atoms with Crippen LogP contribution in [0.15, 0.2) is 54.6 Å². The average molecular weight is 268 g/mol. The van der Waals surface area contributed by atoms with Crippen LogP contribution >= 0.6 is 0 Å². The number of ether oxygens (including phenoxy) is 1. The van der Waals surface area contributed by atoms with Gasteiger partial charge in [-0.3, -0.25) is 4.79 Å². The first-order chi connectivity index (χ1) is 9.65. The summed E-state index contributed by atoms with van der Waals surface area (Å²) in [6.07, 6.45) is 0.324. The Hall–Kier alpha value is -2.09. The molecule has 0 spiro atoms. The third-order valence-corrected chi connectivity index (χ3v) is 3.21. The fourth-order valence-electron chi connectivity index (χ4n) is 2.02. The summed E-state index contributed by atoms with van der Waals surface area (Å²) in [5.74, 6) is 0.293. The van der Waals surface area contributed by atoms with Crippen molar-refractivity contribution < 1.29 is 9.53 Å². The number of carbonyl (C=O) groups is 1. The third-order valence-electron chi connectivity index (χ3n) is 3.21. The second-order valence-corrected chi connectivity index (χ2v) is 5.22. The van der Waals surface area contributed by atoms with Gasteiger partial charge in [-0.1, -0.05) is 68.4 Å². The zero-order valence-electron chi connectivity index (χ0n) is 12.0. The van der Waals surface area contributed by atoms with Gasteiger partial charge < -0.3 is 4.74 Å². The van der Waals surface area contributed by atoms with E-state index in [1.54, 1.807) is 0 Å². The lowest BCUT2D eigenvalue weighted by Crippen LogP contribution is -2.08. The zero-order valence-corrected chi connectivity index (χ0v) is 12.0. The molecule has 2 rings (SSSR count). The van der Waals surface area contributed by atoms with E-state index in [9.17, 15) is 4.79 Å². The molecule has 0 bridgehead atoms. The molecule has 20 heavy (non-hydrogen) atoms. The number of carbonyl (C=O) groups excluding carboxylic acids is 1. The van der Waals surface area contributed by atoms with Crippen molar-refractivity contribution in [3.05, 3.63) is 71.3 Å². The van der Waals surface area contributed by atoms with Crippen molar-refractivity contribution >= 4 is 5.97 Å². The van der Waals surface area contributed by atoms with Crippen molar-refractivity contribution in [3.8, 4) is 0 Å². The Labute approximate surface area is 120 Å². The zero-order chi connectivity index (χ0) is 14.4. The minimum Gasteiger partial charge on any atom is -0.461 e. The van der Waals surface area contributed by atoms with Crippen LogP contribution in [-0.2, 0) is 22.6 Å². The fraction of sp³-hybridized carbons (Fsp3) is 0.278. The molecule has 0 aliphatic rings. The first-order valence-electron chi connectivity index (χ1n) is 6.93. The number of benzene rings is 2. The minimum absolute atomic E-state index is 0.189. The summed E-state index contributed by atoms with van der Waals surface area (Å²) >= 11 is 0.